The van der Waals surface area contributed by atoms with E-state index in [-0.39, 0.29) is 5.75 Å². The lowest BCUT2D eigenvalue weighted by Crippen LogP contribution is -2.20. The summed E-state index contributed by atoms with van der Waals surface area (Å²) >= 11 is 2.18. The van der Waals surface area contributed by atoms with Gasteiger partial charge in [-0.25, -0.2) is 0 Å². The molecule has 0 aliphatic rings. The van der Waals surface area contributed by atoms with Crippen molar-refractivity contribution in [2.45, 2.75) is 6.54 Å². The molecule has 0 bridgehead atoms. The van der Waals surface area contributed by atoms with Crippen LogP contribution in [0.3, 0.4) is 0 Å². The van der Waals surface area contributed by atoms with E-state index >= 15 is 0 Å². The average Bonchev–Trinajstić information content (AvgIpc) is 1.98. The second kappa shape index (κ2) is 3.89. The second-order valence-electron chi connectivity index (χ2n) is 2.15. The van der Waals surface area contributed by atoms with Crippen molar-refractivity contribution in [3.8, 4) is 5.75 Å². The smallest absolute Gasteiger partial charge is 0.120 e. The molecule has 1 aromatic rings. The lowest BCUT2D eigenvalue weighted by atomic mass is 10.2. The summed E-state index contributed by atoms with van der Waals surface area (Å²) in [6, 6.07) is 5.39. The Labute approximate surface area is 78.7 Å². The van der Waals surface area contributed by atoms with Crippen LogP contribution in [-0.2, 0) is 6.54 Å². The maximum absolute atomic E-state index is 9.27. The van der Waals surface area contributed by atoms with Crippen molar-refractivity contribution >= 4 is 22.6 Å². The lowest BCUT2D eigenvalue weighted by molar-refractivity contribution is 0.465. The van der Waals surface area contributed by atoms with Crippen LogP contribution in [0.4, 0.5) is 0 Å². The minimum atomic E-state index is 0.281. The van der Waals surface area contributed by atoms with E-state index in [1.165, 1.54) is 0 Å². The number of benzene rings is 1. The van der Waals surface area contributed by atoms with E-state index < -0.39 is 0 Å². The van der Waals surface area contributed by atoms with E-state index in [1.807, 2.05) is 12.1 Å². The normalized spacial score (nSPS) is 10.0. The van der Waals surface area contributed by atoms with Crippen molar-refractivity contribution in [2.24, 2.45) is 5.84 Å². The van der Waals surface area contributed by atoms with Gasteiger partial charge in [-0.3, -0.25) is 11.3 Å². The molecule has 1 rings (SSSR count). The molecule has 11 heavy (non-hydrogen) atoms. The van der Waals surface area contributed by atoms with Gasteiger partial charge in [0.05, 0.1) is 0 Å². The van der Waals surface area contributed by atoms with Gasteiger partial charge in [-0.05, 0) is 40.8 Å². The number of rotatable bonds is 2. The van der Waals surface area contributed by atoms with Crippen LogP contribution in [0.15, 0.2) is 18.2 Å². The zero-order chi connectivity index (χ0) is 8.27. The largest absolute Gasteiger partial charge is 0.508 e. The van der Waals surface area contributed by atoms with Crippen molar-refractivity contribution in [1.82, 2.24) is 5.43 Å². The number of nitrogens with two attached hydrogens (primary N) is 1. The summed E-state index contributed by atoms with van der Waals surface area (Å²) in [6.07, 6.45) is 0. The molecule has 0 aromatic heterocycles. The number of hydrogen-bond acceptors (Lipinski definition) is 3. The van der Waals surface area contributed by atoms with Crippen molar-refractivity contribution < 1.29 is 5.11 Å². The van der Waals surface area contributed by atoms with E-state index in [0.29, 0.717) is 6.54 Å². The number of aromatic hydroxyl groups is 1. The summed E-state index contributed by atoms with van der Waals surface area (Å²) in [5.74, 6) is 5.40. The molecule has 0 unspecified atom stereocenters. The number of hydrogen-bond donors (Lipinski definition) is 3. The number of hydrazine groups is 1. The summed E-state index contributed by atoms with van der Waals surface area (Å²) in [6.45, 7) is 0.489. The summed E-state index contributed by atoms with van der Waals surface area (Å²) in [5.41, 5.74) is 3.31. The number of halogens is 1. The fourth-order valence-corrected chi connectivity index (χ4v) is 1.36. The highest BCUT2D eigenvalue weighted by molar-refractivity contribution is 14.1. The highest BCUT2D eigenvalue weighted by atomic mass is 127. The Hall–Kier alpha value is -0.330. The third-order valence-electron chi connectivity index (χ3n) is 1.33. The Morgan fingerprint density at radius 1 is 1.55 bits per heavy atom. The molecule has 0 aliphatic carbocycles. The fraction of sp³-hybridized carbons (Fsp3) is 0.143. The highest BCUT2D eigenvalue weighted by Crippen LogP contribution is 2.18. The van der Waals surface area contributed by atoms with Crippen LogP contribution in [0.1, 0.15) is 5.56 Å². The zero-order valence-corrected chi connectivity index (χ0v) is 8.00. The molecule has 3 nitrogen and oxygen atoms in total. The summed E-state index contributed by atoms with van der Waals surface area (Å²) in [5, 5.41) is 9.27. The summed E-state index contributed by atoms with van der Waals surface area (Å²) < 4.78 is 1.09. The molecule has 0 aliphatic heterocycles. The van der Waals surface area contributed by atoms with Gasteiger partial charge in [0.1, 0.15) is 5.75 Å². The van der Waals surface area contributed by atoms with Crippen LogP contribution < -0.4 is 11.3 Å². The Morgan fingerprint density at radius 2 is 2.27 bits per heavy atom. The third-order valence-corrected chi connectivity index (χ3v) is 2.01. The van der Waals surface area contributed by atoms with E-state index in [4.69, 9.17) is 5.84 Å². The van der Waals surface area contributed by atoms with Crippen molar-refractivity contribution in [3.63, 3.8) is 0 Å². The van der Waals surface area contributed by atoms with Crippen LogP contribution in [0.25, 0.3) is 0 Å². The van der Waals surface area contributed by atoms with Crippen molar-refractivity contribution in [3.05, 3.63) is 27.3 Å². The molecule has 0 fully saturated rings. The predicted octanol–water partition coefficient (Wildman–Crippen LogP) is 0.960. The van der Waals surface area contributed by atoms with Gasteiger partial charge in [0.25, 0.3) is 0 Å². The Balaban J connectivity index is 2.93. The van der Waals surface area contributed by atoms with E-state index in [2.05, 4.69) is 28.0 Å². The Bertz CT molecular complexity index is 252. The van der Waals surface area contributed by atoms with E-state index in [9.17, 15) is 5.11 Å². The maximum atomic E-state index is 9.27. The maximum Gasteiger partial charge on any atom is 0.120 e. The van der Waals surface area contributed by atoms with Crippen LogP contribution >= 0.6 is 22.6 Å². The Kier molecular flexibility index (Phi) is 3.10. The van der Waals surface area contributed by atoms with Gasteiger partial charge in [0.15, 0.2) is 0 Å². The Morgan fingerprint density at radius 3 is 2.91 bits per heavy atom. The van der Waals surface area contributed by atoms with Gasteiger partial charge >= 0.3 is 0 Å². The number of phenolic OH excluding ortho intramolecular Hbond substituents is 1. The molecular weight excluding hydrogens is 255 g/mol. The van der Waals surface area contributed by atoms with Crippen LogP contribution in [-0.4, -0.2) is 5.11 Å². The minimum absolute atomic E-state index is 0.281. The molecule has 4 heteroatoms. The molecular formula is C7H9IN2O. The summed E-state index contributed by atoms with van der Waals surface area (Å²) in [7, 11) is 0. The standard InChI is InChI=1S/C7H9IN2O/c8-6-1-2-7(11)5(3-6)4-10-9/h1-3,10-11H,4,9H2. The van der Waals surface area contributed by atoms with Crippen LogP contribution in [0.2, 0.25) is 0 Å². The quantitative estimate of drug-likeness (QED) is 0.423. The van der Waals surface area contributed by atoms with Crippen molar-refractivity contribution in [1.29, 1.82) is 0 Å². The first-order valence-electron chi connectivity index (χ1n) is 3.15. The molecule has 4 N–H and O–H groups in total. The SMILES string of the molecule is NNCc1cc(I)ccc1O. The highest BCUT2D eigenvalue weighted by Gasteiger charge is 1.99. The van der Waals surface area contributed by atoms with Crippen LogP contribution in [0, 0.1) is 3.57 Å². The second-order valence-corrected chi connectivity index (χ2v) is 3.40. The first-order chi connectivity index (χ1) is 5.24. The van der Waals surface area contributed by atoms with E-state index in [1.54, 1.807) is 6.07 Å². The van der Waals surface area contributed by atoms with Crippen LogP contribution in [0.5, 0.6) is 5.75 Å². The average molecular weight is 264 g/mol. The molecule has 0 atom stereocenters. The predicted molar refractivity (Wildman–Crippen MR) is 51.9 cm³/mol. The molecule has 0 spiro atoms. The monoisotopic (exact) mass is 264 g/mol. The fourth-order valence-electron chi connectivity index (χ4n) is 0.806. The van der Waals surface area contributed by atoms with Gasteiger partial charge in [0, 0.05) is 15.7 Å². The number of nitrogens with one attached hydrogen (secondary N) is 1. The van der Waals surface area contributed by atoms with Gasteiger partial charge in [0.2, 0.25) is 0 Å². The molecule has 0 radical (unpaired) electrons. The molecule has 0 amide bonds. The van der Waals surface area contributed by atoms with Crippen molar-refractivity contribution in [2.75, 3.05) is 0 Å². The molecule has 0 saturated carbocycles. The number of phenols is 1. The first-order valence-corrected chi connectivity index (χ1v) is 4.23. The molecule has 1 aromatic carbocycles. The third kappa shape index (κ3) is 2.32. The minimum Gasteiger partial charge on any atom is -0.508 e. The first kappa shape index (κ1) is 8.76. The van der Waals surface area contributed by atoms with Gasteiger partial charge in [-0.15, -0.1) is 0 Å². The lowest BCUT2D eigenvalue weighted by Gasteiger charge is -2.02. The summed E-state index contributed by atoms with van der Waals surface area (Å²) in [4.78, 5) is 0. The molecule has 60 valence electrons. The van der Waals surface area contributed by atoms with Gasteiger partial charge < -0.3 is 5.11 Å². The van der Waals surface area contributed by atoms with Gasteiger partial charge in [-0.2, -0.15) is 0 Å². The van der Waals surface area contributed by atoms with Gasteiger partial charge in [-0.1, -0.05) is 0 Å². The topological polar surface area (TPSA) is 58.3 Å². The molecule has 0 heterocycles. The van der Waals surface area contributed by atoms with E-state index in [0.717, 1.165) is 9.13 Å². The molecule has 0 saturated heterocycles. The zero-order valence-electron chi connectivity index (χ0n) is 5.84.